The Kier molecular flexibility index (Phi) is 6.89. The monoisotopic (exact) mass is 428 g/mol. The van der Waals surface area contributed by atoms with E-state index < -0.39 is 5.91 Å². The minimum Gasteiger partial charge on any atom is -0.369 e. The molecule has 0 atom stereocenters. The predicted molar refractivity (Wildman–Crippen MR) is 114 cm³/mol. The maximum atomic E-state index is 12.5. The molecule has 2 aromatic carbocycles. The number of thioether (sulfide) groups is 2. The van der Waals surface area contributed by atoms with Crippen LogP contribution in [0.2, 0.25) is 0 Å². The van der Waals surface area contributed by atoms with E-state index in [4.69, 9.17) is 5.73 Å². The van der Waals surface area contributed by atoms with Gasteiger partial charge < -0.3 is 11.1 Å². The molecule has 0 saturated carbocycles. The second kappa shape index (κ2) is 9.57. The Balaban J connectivity index is 1.68. The smallest absolute Gasteiger partial charge is 0.234 e. The number of rotatable bonds is 8. The van der Waals surface area contributed by atoms with Crippen molar-refractivity contribution in [3.8, 4) is 5.69 Å². The highest BCUT2D eigenvalue weighted by Crippen LogP contribution is 2.27. The molecule has 1 aromatic heterocycles. The molecule has 2 amide bonds. The number of aromatic nitrogens is 4. The SMILES string of the molecule is Cc1cccc(C)c1-n1nnnc1SCC(=O)Nc1ccccc1SCC(N)=O. The number of tetrazole rings is 1. The van der Waals surface area contributed by atoms with Gasteiger partial charge in [0, 0.05) is 4.90 Å². The minimum atomic E-state index is -0.412. The summed E-state index contributed by atoms with van der Waals surface area (Å²) in [6.45, 7) is 3.98. The van der Waals surface area contributed by atoms with Crippen molar-refractivity contribution in [1.29, 1.82) is 0 Å². The normalized spacial score (nSPS) is 10.7. The predicted octanol–water partition coefficient (Wildman–Crippen LogP) is 2.59. The van der Waals surface area contributed by atoms with Crippen LogP contribution in [0.5, 0.6) is 0 Å². The van der Waals surface area contributed by atoms with Crippen molar-refractivity contribution in [2.24, 2.45) is 5.73 Å². The first-order valence-electron chi connectivity index (χ1n) is 8.73. The number of aryl methyl sites for hydroxylation is 2. The number of nitrogens with two attached hydrogens (primary N) is 1. The largest absolute Gasteiger partial charge is 0.369 e. The maximum Gasteiger partial charge on any atom is 0.234 e. The summed E-state index contributed by atoms with van der Waals surface area (Å²) in [5, 5.41) is 15.3. The Bertz CT molecular complexity index is 1020. The first-order chi connectivity index (χ1) is 14.0. The number of benzene rings is 2. The van der Waals surface area contributed by atoms with Gasteiger partial charge in [-0.1, -0.05) is 42.1 Å². The Morgan fingerprint density at radius 1 is 1.03 bits per heavy atom. The number of para-hydroxylation sites is 2. The Labute approximate surface area is 176 Å². The van der Waals surface area contributed by atoms with E-state index in [2.05, 4.69) is 20.8 Å². The van der Waals surface area contributed by atoms with Crippen molar-refractivity contribution in [3.05, 3.63) is 53.6 Å². The van der Waals surface area contributed by atoms with Gasteiger partial charge in [-0.3, -0.25) is 9.59 Å². The van der Waals surface area contributed by atoms with Gasteiger partial charge in [0.1, 0.15) is 0 Å². The molecule has 0 radical (unpaired) electrons. The molecule has 0 spiro atoms. The van der Waals surface area contributed by atoms with Crippen molar-refractivity contribution < 1.29 is 9.59 Å². The van der Waals surface area contributed by atoms with Gasteiger partial charge in [-0.2, -0.15) is 4.68 Å². The molecule has 150 valence electrons. The first-order valence-corrected chi connectivity index (χ1v) is 10.7. The number of primary amides is 1. The number of carbonyl (C=O) groups is 2. The lowest BCUT2D eigenvalue weighted by molar-refractivity contribution is -0.115. The van der Waals surface area contributed by atoms with E-state index in [0.717, 1.165) is 21.7 Å². The van der Waals surface area contributed by atoms with Crippen molar-refractivity contribution in [1.82, 2.24) is 20.2 Å². The second-order valence-electron chi connectivity index (χ2n) is 6.20. The summed E-state index contributed by atoms with van der Waals surface area (Å²) < 4.78 is 1.65. The molecule has 1 heterocycles. The topological polar surface area (TPSA) is 116 Å². The van der Waals surface area contributed by atoms with E-state index in [-0.39, 0.29) is 17.4 Å². The highest BCUT2D eigenvalue weighted by atomic mass is 32.2. The highest BCUT2D eigenvalue weighted by molar-refractivity contribution is 8.00. The molecule has 3 aromatic rings. The molecule has 0 aliphatic heterocycles. The lowest BCUT2D eigenvalue weighted by Crippen LogP contribution is -2.16. The van der Waals surface area contributed by atoms with E-state index in [0.29, 0.717) is 10.8 Å². The summed E-state index contributed by atoms with van der Waals surface area (Å²) in [5.74, 6) is -0.324. The van der Waals surface area contributed by atoms with Gasteiger partial charge in [-0.05, 0) is 47.5 Å². The van der Waals surface area contributed by atoms with Crippen LogP contribution in [0.4, 0.5) is 5.69 Å². The van der Waals surface area contributed by atoms with Crippen LogP contribution in [-0.2, 0) is 9.59 Å². The van der Waals surface area contributed by atoms with Gasteiger partial charge in [0.25, 0.3) is 0 Å². The molecule has 0 saturated heterocycles. The number of nitrogens with zero attached hydrogens (tertiary/aromatic N) is 4. The summed E-state index contributed by atoms with van der Waals surface area (Å²) in [6.07, 6.45) is 0. The fourth-order valence-electron chi connectivity index (χ4n) is 2.71. The van der Waals surface area contributed by atoms with Crippen LogP contribution in [0.1, 0.15) is 11.1 Å². The van der Waals surface area contributed by atoms with E-state index in [9.17, 15) is 9.59 Å². The Morgan fingerprint density at radius 3 is 2.48 bits per heavy atom. The zero-order valence-electron chi connectivity index (χ0n) is 16.0. The van der Waals surface area contributed by atoms with Gasteiger partial charge in [0.05, 0.1) is 22.9 Å². The van der Waals surface area contributed by atoms with Gasteiger partial charge in [-0.15, -0.1) is 16.9 Å². The van der Waals surface area contributed by atoms with Crippen molar-refractivity contribution in [3.63, 3.8) is 0 Å². The third kappa shape index (κ3) is 5.36. The molecule has 0 fully saturated rings. The maximum absolute atomic E-state index is 12.5. The third-order valence-corrected chi connectivity index (χ3v) is 5.97. The van der Waals surface area contributed by atoms with E-state index in [1.54, 1.807) is 10.7 Å². The lowest BCUT2D eigenvalue weighted by atomic mass is 10.1. The Morgan fingerprint density at radius 2 is 1.76 bits per heavy atom. The molecular formula is C19H20N6O2S2. The fraction of sp³-hybridized carbons (Fsp3) is 0.211. The van der Waals surface area contributed by atoms with Crippen LogP contribution >= 0.6 is 23.5 Å². The molecular weight excluding hydrogens is 408 g/mol. The van der Waals surface area contributed by atoms with Crippen LogP contribution < -0.4 is 11.1 Å². The summed E-state index contributed by atoms with van der Waals surface area (Å²) in [5.41, 5.74) is 8.84. The van der Waals surface area contributed by atoms with Crippen LogP contribution in [0, 0.1) is 13.8 Å². The van der Waals surface area contributed by atoms with E-state index in [1.165, 1.54) is 23.5 Å². The van der Waals surface area contributed by atoms with Crippen molar-refractivity contribution in [2.75, 3.05) is 16.8 Å². The average Bonchev–Trinajstić information content (AvgIpc) is 3.13. The van der Waals surface area contributed by atoms with Crippen LogP contribution in [0.3, 0.4) is 0 Å². The molecule has 3 rings (SSSR count). The Hall–Kier alpha value is -2.85. The van der Waals surface area contributed by atoms with Gasteiger partial charge in [0.15, 0.2) is 0 Å². The first kappa shape index (κ1) is 20.9. The van der Waals surface area contributed by atoms with Gasteiger partial charge in [0.2, 0.25) is 17.0 Å². The summed E-state index contributed by atoms with van der Waals surface area (Å²) in [4.78, 5) is 24.3. The molecule has 0 aliphatic carbocycles. The number of hydrogen-bond acceptors (Lipinski definition) is 7. The summed E-state index contributed by atoms with van der Waals surface area (Å²) in [6, 6.07) is 13.2. The molecule has 10 heteroatoms. The quantitative estimate of drug-likeness (QED) is 0.530. The fourth-order valence-corrected chi connectivity index (χ4v) is 4.13. The van der Waals surface area contributed by atoms with Crippen LogP contribution in [0.25, 0.3) is 5.69 Å². The zero-order valence-corrected chi connectivity index (χ0v) is 17.6. The van der Waals surface area contributed by atoms with Crippen molar-refractivity contribution in [2.45, 2.75) is 23.9 Å². The van der Waals surface area contributed by atoms with Gasteiger partial charge >= 0.3 is 0 Å². The molecule has 29 heavy (non-hydrogen) atoms. The molecule has 0 aliphatic rings. The highest BCUT2D eigenvalue weighted by Gasteiger charge is 2.15. The molecule has 0 bridgehead atoms. The van der Waals surface area contributed by atoms with Crippen LogP contribution in [-0.4, -0.2) is 43.5 Å². The third-order valence-electron chi connectivity index (χ3n) is 3.96. The number of hydrogen-bond donors (Lipinski definition) is 2. The summed E-state index contributed by atoms with van der Waals surface area (Å²) in [7, 11) is 0. The van der Waals surface area contributed by atoms with Crippen molar-refractivity contribution >= 4 is 41.0 Å². The second-order valence-corrected chi connectivity index (χ2v) is 8.16. The summed E-state index contributed by atoms with van der Waals surface area (Å²) >= 11 is 2.53. The number of carbonyl (C=O) groups excluding carboxylic acids is 2. The average molecular weight is 429 g/mol. The number of amides is 2. The van der Waals surface area contributed by atoms with Crippen LogP contribution in [0.15, 0.2) is 52.5 Å². The molecule has 8 nitrogen and oxygen atoms in total. The van der Waals surface area contributed by atoms with E-state index >= 15 is 0 Å². The minimum absolute atomic E-state index is 0.139. The lowest BCUT2D eigenvalue weighted by Gasteiger charge is -2.11. The number of nitrogens with one attached hydrogen (secondary N) is 1. The zero-order chi connectivity index (χ0) is 20.8. The molecule has 0 unspecified atom stereocenters. The van der Waals surface area contributed by atoms with Gasteiger partial charge in [-0.25, -0.2) is 0 Å². The standard InChI is InChI=1S/C19H20N6O2S2/c1-12-6-5-7-13(2)18(12)25-19(22-23-24-25)29-11-17(27)21-14-8-3-4-9-15(14)28-10-16(20)26/h3-9H,10-11H2,1-2H3,(H2,20,26)(H,21,27). The van der Waals surface area contributed by atoms with E-state index in [1.807, 2.05) is 50.2 Å². The molecule has 3 N–H and O–H groups in total. The number of anilines is 1.